The zero-order valence-electron chi connectivity index (χ0n) is 9.35. The van der Waals surface area contributed by atoms with Gasteiger partial charge in [0.1, 0.15) is 5.69 Å². The summed E-state index contributed by atoms with van der Waals surface area (Å²) >= 11 is 0. The van der Waals surface area contributed by atoms with Gasteiger partial charge in [0.25, 0.3) is 5.91 Å². The first-order chi connectivity index (χ1) is 7.54. The van der Waals surface area contributed by atoms with Crippen molar-refractivity contribution in [1.29, 1.82) is 0 Å². The Kier molecular flexibility index (Phi) is 2.41. The number of nitrogens with one attached hydrogen (secondary N) is 1. The Hall–Kier alpha value is -1.85. The highest BCUT2D eigenvalue weighted by Crippen LogP contribution is 2.20. The molecule has 16 heavy (non-hydrogen) atoms. The molecule has 6 nitrogen and oxygen atoms in total. The molecular formula is C10H13N3O3. The third kappa shape index (κ3) is 1.46. The lowest BCUT2D eigenvalue weighted by molar-refractivity contribution is 0.0591. The molecule has 1 aromatic rings. The van der Waals surface area contributed by atoms with Gasteiger partial charge in [0.05, 0.1) is 13.2 Å². The summed E-state index contributed by atoms with van der Waals surface area (Å²) in [7, 11) is 1.28. The Bertz CT molecular complexity index is 452. The molecule has 1 amide bonds. The van der Waals surface area contributed by atoms with Gasteiger partial charge in [0.2, 0.25) is 0 Å². The molecule has 0 spiro atoms. The maximum absolute atomic E-state index is 11.6. The predicted molar refractivity (Wildman–Crippen MR) is 55.2 cm³/mol. The molecular weight excluding hydrogens is 210 g/mol. The minimum Gasteiger partial charge on any atom is -0.464 e. The molecule has 0 saturated carbocycles. The number of hydrogen-bond acceptors (Lipinski definition) is 4. The van der Waals surface area contributed by atoms with E-state index in [0.29, 0.717) is 5.69 Å². The maximum atomic E-state index is 11.6. The molecule has 0 saturated heterocycles. The summed E-state index contributed by atoms with van der Waals surface area (Å²) < 4.78 is 6.13. The average molecular weight is 223 g/mol. The quantitative estimate of drug-likeness (QED) is 0.698. The van der Waals surface area contributed by atoms with Crippen molar-refractivity contribution in [2.45, 2.75) is 25.9 Å². The van der Waals surface area contributed by atoms with Crippen LogP contribution in [0.15, 0.2) is 6.07 Å². The Morgan fingerprint density at radius 1 is 1.56 bits per heavy atom. The lowest BCUT2D eigenvalue weighted by atomic mass is 10.1. The number of esters is 1. The number of ether oxygens (including phenoxy) is 1. The van der Waals surface area contributed by atoms with Crippen molar-refractivity contribution in [1.82, 2.24) is 15.1 Å². The summed E-state index contributed by atoms with van der Waals surface area (Å²) in [5.41, 5.74) is 0.555. The zero-order valence-corrected chi connectivity index (χ0v) is 9.35. The second-order valence-corrected chi connectivity index (χ2v) is 3.85. The number of aromatic nitrogens is 2. The summed E-state index contributed by atoms with van der Waals surface area (Å²) in [6, 6.07) is 1.46. The molecule has 0 fully saturated rings. The van der Waals surface area contributed by atoms with E-state index >= 15 is 0 Å². The predicted octanol–water partition coefficient (Wildman–Crippen LogP) is 0.363. The third-order valence-electron chi connectivity index (χ3n) is 2.83. The van der Waals surface area contributed by atoms with Crippen LogP contribution in [0.2, 0.25) is 0 Å². The van der Waals surface area contributed by atoms with Crippen LogP contribution in [0, 0.1) is 0 Å². The molecule has 2 rings (SSSR count). The van der Waals surface area contributed by atoms with Gasteiger partial charge in [-0.25, -0.2) is 4.79 Å². The normalized spacial score (nSPS) is 23.6. The largest absolute Gasteiger partial charge is 0.464 e. The van der Waals surface area contributed by atoms with Crippen LogP contribution >= 0.6 is 0 Å². The highest BCUT2D eigenvalue weighted by Gasteiger charge is 2.30. The minimum absolute atomic E-state index is 0.00889. The number of carbonyl (C=O) groups excluding carboxylic acids is 2. The second kappa shape index (κ2) is 3.62. The number of rotatable bonds is 1. The van der Waals surface area contributed by atoms with Gasteiger partial charge in [-0.3, -0.25) is 9.48 Å². The van der Waals surface area contributed by atoms with Crippen molar-refractivity contribution in [3.8, 4) is 0 Å². The highest BCUT2D eigenvalue weighted by molar-refractivity contribution is 5.96. The number of carbonyl (C=O) groups is 2. The summed E-state index contributed by atoms with van der Waals surface area (Å²) in [4.78, 5) is 22.9. The molecule has 6 heteroatoms. The fourth-order valence-electron chi connectivity index (χ4n) is 1.69. The van der Waals surface area contributed by atoms with Crippen LogP contribution in [0.4, 0.5) is 0 Å². The molecule has 0 bridgehead atoms. The van der Waals surface area contributed by atoms with E-state index in [1.165, 1.54) is 13.2 Å². The van der Waals surface area contributed by atoms with Gasteiger partial charge in [-0.1, -0.05) is 0 Å². The maximum Gasteiger partial charge on any atom is 0.358 e. The second-order valence-electron chi connectivity index (χ2n) is 3.85. The standard InChI is InChI=1S/C10H13N3O3/c1-5-6(2)13-8(9(14)11-5)4-7(12-13)10(15)16-3/h4-6H,1-3H3,(H,11,14)/t5-,6?/m1/s1. The summed E-state index contributed by atoms with van der Waals surface area (Å²) in [6.45, 7) is 3.83. The molecule has 1 N–H and O–H groups in total. The summed E-state index contributed by atoms with van der Waals surface area (Å²) in [5.74, 6) is -0.747. The number of nitrogens with zero attached hydrogens (tertiary/aromatic N) is 2. The van der Waals surface area contributed by atoms with Crippen LogP contribution < -0.4 is 5.32 Å². The Morgan fingerprint density at radius 2 is 2.25 bits per heavy atom. The van der Waals surface area contributed by atoms with E-state index in [0.717, 1.165) is 0 Å². The molecule has 1 aromatic heterocycles. The van der Waals surface area contributed by atoms with E-state index in [9.17, 15) is 9.59 Å². The SMILES string of the molecule is COC(=O)c1cc2n(n1)C(C)[C@@H](C)NC2=O. The van der Waals surface area contributed by atoms with Crippen LogP contribution in [0.3, 0.4) is 0 Å². The fourth-order valence-corrected chi connectivity index (χ4v) is 1.69. The van der Waals surface area contributed by atoms with Crippen molar-refractivity contribution in [3.63, 3.8) is 0 Å². The Balaban J connectivity index is 2.46. The lowest BCUT2D eigenvalue weighted by Gasteiger charge is -2.27. The summed E-state index contributed by atoms with van der Waals surface area (Å²) in [6.07, 6.45) is 0. The van der Waals surface area contributed by atoms with Crippen LogP contribution in [0.1, 0.15) is 40.9 Å². The smallest absolute Gasteiger partial charge is 0.358 e. The van der Waals surface area contributed by atoms with E-state index < -0.39 is 5.97 Å². The van der Waals surface area contributed by atoms with Gasteiger partial charge < -0.3 is 10.1 Å². The molecule has 86 valence electrons. The van der Waals surface area contributed by atoms with E-state index in [1.54, 1.807) is 4.68 Å². The van der Waals surface area contributed by atoms with E-state index in [-0.39, 0.29) is 23.7 Å². The minimum atomic E-state index is -0.533. The van der Waals surface area contributed by atoms with Gasteiger partial charge in [-0.2, -0.15) is 5.10 Å². The van der Waals surface area contributed by atoms with Crippen LogP contribution in [0.25, 0.3) is 0 Å². The van der Waals surface area contributed by atoms with Gasteiger partial charge >= 0.3 is 5.97 Å². The van der Waals surface area contributed by atoms with E-state index in [1.807, 2.05) is 13.8 Å². The van der Waals surface area contributed by atoms with Crippen LogP contribution in [-0.4, -0.2) is 34.8 Å². The van der Waals surface area contributed by atoms with Crippen molar-refractivity contribution in [2.75, 3.05) is 7.11 Å². The first-order valence-corrected chi connectivity index (χ1v) is 5.03. The fraction of sp³-hybridized carbons (Fsp3) is 0.500. The Morgan fingerprint density at radius 3 is 2.88 bits per heavy atom. The number of amides is 1. The van der Waals surface area contributed by atoms with Crippen LogP contribution in [0.5, 0.6) is 0 Å². The van der Waals surface area contributed by atoms with E-state index in [4.69, 9.17) is 0 Å². The first kappa shape index (κ1) is 10.7. The van der Waals surface area contributed by atoms with Crippen molar-refractivity contribution in [2.24, 2.45) is 0 Å². The van der Waals surface area contributed by atoms with Gasteiger partial charge in [0.15, 0.2) is 5.69 Å². The van der Waals surface area contributed by atoms with Crippen LogP contribution in [-0.2, 0) is 4.74 Å². The topological polar surface area (TPSA) is 73.2 Å². The summed E-state index contributed by atoms with van der Waals surface area (Å²) in [5, 5.41) is 6.89. The van der Waals surface area contributed by atoms with Gasteiger partial charge in [-0.15, -0.1) is 0 Å². The molecule has 2 atom stereocenters. The first-order valence-electron chi connectivity index (χ1n) is 5.03. The number of hydrogen-bond donors (Lipinski definition) is 1. The van der Waals surface area contributed by atoms with Gasteiger partial charge in [0, 0.05) is 12.1 Å². The highest BCUT2D eigenvalue weighted by atomic mass is 16.5. The molecule has 1 unspecified atom stereocenters. The lowest BCUT2D eigenvalue weighted by Crippen LogP contribution is -2.45. The molecule has 0 aliphatic carbocycles. The number of fused-ring (bicyclic) bond motifs is 1. The van der Waals surface area contributed by atoms with Gasteiger partial charge in [-0.05, 0) is 13.8 Å². The molecule has 2 heterocycles. The van der Waals surface area contributed by atoms with E-state index in [2.05, 4.69) is 15.2 Å². The third-order valence-corrected chi connectivity index (χ3v) is 2.83. The van der Waals surface area contributed by atoms with Crippen molar-refractivity contribution in [3.05, 3.63) is 17.5 Å². The zero-order chi connectivity index (χ0) is 11.9. The van der Waals surface area contributed by atoms with Crippen molar-refractivity contribution >= 4 is 11.9 Å². The molecule has 0 radical (unpaired) electrons. The monoisotopic (exact) mass is 223 g/mol. The average Bonchev–Trinajstić information content (AvgIpc) is 2.70. The Labute approximate surface area is 92.6 Å². The van der Waals surface area contributed by atoms with Crippen molar-refractivity contribution < 1.29 is 14.3 Å². The molecule has 1 aliphatic rings. The molecule has 1 aliphatic heterocycles. The molecule has 0 aromatic carbocycles. The number of methoxy groups -OCH3 is 1.